The molecular weight excluding hydrogens is 276 g/mol. The van der Waals surface area contributed by atoms with E-state index >= 15 is 0 Å². The number of hydrogen-bond acceptors (Lipinski definition) is 3. The monoisotopic (exact) mass is 300 g/mol. The molecule has 4 nitrogen and oxygen atoms in total. The van der Waals surface area contributed by atoms with Gasteiger partial charge in [-0.15, -0.1) is 0 Å². The van der Waals surface area contributed by atoms with Crippen LogP contribution in [0, 0.1) is 0 Å². The Kier molecular flexibility index (Phi) is 4.60. The van der Waals surface area contributed by atoms with E-state index in [1.165, 1.54) is 11.1 Å². The van der Waals surface area contributed by atoms with Crippen molar-refractivity contribution in [1.82, 2.24) is 9.55 Å². The Hall–Kier alpha value is -1.65. The average molecular weight is 300 g/mol. The summed E-state index contributed by atoms with van der Waals surface area (Å²) >= 11 is 0. The fraction of sp³-hybridized carbons (Fsp3) is 0.500. The molecular formula is C18H24N2O2. The molecule has 1 aliphatic rings. The third-order valence-electron chi connectivity index (χ3n) is 4.24. The van der Waals surface area contributed by atoms with Gasteiger partial charge in [0.15, 0.2) is 5.79 Å². The van der Waals surface area contributed by atoms with Gasteiger partial charge in [-0.1, -0.05) is 38.1 Å². The van der Waals surface area contributed by atoms with Crippen LogP contribution in [0.25, 0.3) is 0 Å². The van der Waals surface area contributed by atoms with Crippen LogP contribution in [-0.2, 0) is 22.4 Å². The lowest BCUT2D eigenvalue weighted by atomic mass is 9.99. The average Bonchev–Trinajstić information content (AvgIpc) is 3.19. The van der Waals surface area contributed by atoms with Crippen LogP contribution in [0.4, 0.5) is 0 Å². The molecule has 1 aromatic heterocycles. The quantitative estimate of drug-likeness (QED) is 0.820. The third-order valence-corrected chi connectivity index (χ3v) is 4.24. The first-order chi connectivity index (χ1) is 10.7. The number of benzene rings is 1. The van der Waals surface area contributed by atoms with Crippen LogP contribution in [0.3, 0.4) is 0 Å². The van der Waals surface area contributed by atoms with Gasteiger partial charge in [-0.2, -0.15) is 0 Å². The molecule has 0 aliphatic carbocycles. The molecule has 118 valence electrons. The Morgan fingerprint density at radius 2 is 1.91 bits per heavy atom. The van der Waals surface area contributed by atoms with Gasteiger partial charge in [0.05, 0.1) is 26.1 Å². The number of nitrogens with zero attached hydrogens (tertiary/aromatic N) is 2. The summed E-state index contributed by atoms with van der Waals surface area (Å²) in [5, 5.41) is 0. The lowest BCUT2D eigenvalue weighted by Crippen LogP contribution is -2.35. The maximum atomic E-state index is 5.93. The van der Waals surface area contributed by atoms with Gasteiger partial charge in [0, 0.05) is 18.8 Å². The Morgan fingerprint density at radius 1 is 1.18 bits per heavy atom. The first kappa shape index (κ1) is 15.3. The van der Waals surface area contributed by atoms with Gasteiger partial charge in [-0.3, -0.25) is 0 Å². The molecule has 2 heterocycles. The van der Waals surface area contributed by atoms with E-state index in [1.807, 2.05) is 17.1 Å². The van der Waals surface area contributed by atoms with E-state index in [0.717, 1.165) is 12.8 Å². The molecule has 0 amide bonds. The minimum Gasteiger partial charge on any atom is -0.346 e. The zero-order valence-corrected chi connectivity index (χ0v) is 13.4. The maximum absolute atomic E-state index is 5.93. The van der Waals surface area contributed by atoms with E-state index in [-0.39, 0.29) is 0 Å². The van der Waals surface area contributed by atoms with Gasteiger partial charge in [-0.25, -0.2) is 4.98 Å². The Bertz CT molecular complexity index is 570. The van der Waals surface area contributed by atoms with Gasteiger partial charge in [0.1, 0.15) is 0 Å². The molecule has 22 heavy (non-hydrogen) atoms. The van der Waals surface area contributed by atoms with Crippen molar-refractivity contribution >= 4 is 0 Å². The lowest BCUT2D eigenvalue weighted by Gasteiger charge is -2.27. The molecule has 1 aromatic carbocycles. The van der Waals surface area contributed by atoms with Crippen LogP contribution in [0.15, 0.2) is 43.0 Å². The third kappa shape index (κ3) is 3.57. The number of ether oxygens (including phenoxy) is 2. The van der Waals surface area contributed by atoms with Crippen molar-refractivity contribution in [1.29, 1.82) is 0 Å². The highest BCUT2D eigenvalue weighted by Crippen LogP contribution is 2.28. The van der Waals surface area contributed by atoms with E-state index in [4.69, 9.17) is 9.47 Å². The summed E-state index contributed by atoms with van der Waals surface area (Å²) < 4.78 is 13.9. The summed E-state index contributed by atoms with van der Waals surface area (Å²) in [6.45, 7) is 6.46. The summed E-state index contributed by atoms with van der Waals surface area (Å²) in [7, 11) is 0. The minimum atomic E-state index is -0.516. The highest BCUT2D eigenvalue weighted by molar-refractivity contribution is 5.24. The number of aromatic nitrogens is 2. The predicted molar refractivity (Wildman–Crippen MR) is 85.7 cm³/mol. The molecule has 0 saturated carbocycles. The van der Waals surface area contributed by atoms with Gasteiger partial charge in [0.2, 0.25) is 0 Å². The molecule has 0 N–H and O–H groups in total. The first-order valence-corrected chi connectivity index (χ1v) is 7.99. The number of rotatable bonds is 6. The molecule has 2 aromatic rings. The summed E-state index contributed by atoms with van der Waals surface area (Å²) in [5.74, 6) is 0.0559. The molecule has 0 atom stereocenters. The maximum Gasteiger partial charge on any atom is 0.186 e. The van der Waals surface area contributed by atoms with Gasteiger partial charge >= 0.3 is 0 Å². The van der Waals surface area contributed by atoms with Crippen molar-refractivity contribution in [2.75, 3.05) is 13.2 Å². The van der Waals surface area contributed by atoms with Crippen LogP contribution in [0.1, 0.15) is 37.3 Å². The van der Waals surface area contributed by atoms with E-state index in [1.54, 1.807) is 6.20 Å². The highest BCUT2D eigenvalue weighted by atomic mass is 16.7. The second-order valence-electron chi connectivity index (χ2n) is 6.24. The van der Waals surface area contributed by atoms with Gasteiger partial charge in [0.25, 0.3) is 0 Å². The molecule has 0 radical (unpaired) electrons. The van der Waals surface area contributed by atoms with Crippen molar-refractivity contribution in [2.24, 2.45) is 0 Å². The first-order valence-electron chi connectivity index (χ1n) is 7.99. The van der Waals surface area contributed by atoms with Gasteiger partial charge < -0.3 is 14.0 Å². The number of aryl methyl sites for hydroxylation is 1. The molecule has 0 bridgehead atoms. The molecule has 1 aliphatic heterocycles. The van der Waals surface area contributed by atoms with Crippen LogP contribution in [0.2, 0.25) is 0 Å². The second kappa shape index (κ2) is 6.63. The van der Waals surface area contributed by atoms with E-state index in [0.29, 0.717) is 25.7 Å². The van der Waals surface area contributed by atoms with Crippen molar-refractivity contribution in [3.05, 3.63) is 54.1 Å². The molecule has 4 heteroatoms. The van der Waals surface area contributed by atoms with Crippen molar-refractivity contribution in [3.63, 3.8) is 0 Å². The Labute approximate surface area is 132 Å². The zero-order chi connectivity index (χ0) is 15.4. The normalized spacial score (nSPS) is 17.2. The summed E-state index contributed by atoms with van der Waals surface area (Å²) in [4.78, 5) is 4.09. The van der Waals surface area contributed by atoms with E-state index in [9.17, 15) is 0 Å². The van der Waals surface area contributed by atoms with E-state index in [2.05, 4.69) is 43.1 Å². The second-order valence-corrected chi connectivity index (χ2v) is 6.24. The van der Waals surface area contributed by atoms with Crippen LogP contribution in [-0.4, -0.2) is 28.6 Å². The molecule has 1 saturated heterocycles. The molecule has 0 spiro atoms. The summed E-state index contributed by atoms with van der Waals surface area (Å²) in [5.41, 5.74) is 2.71. The fourth-order valence-electron chi connectivity index (χ4n) is 2.87. The molecule has 0 unspecified atom stereocenters. The standard InChI is InChI=1S/C18H24N2O2/c1-15(2)17-5-3-16(4-6-17)7-8-18(21-11-12-22-18)13-20-10-9-19-14-20/h3-6,9-10,14-15H,7-8,11-13H2,1-2H3. The summed E-state index contributed by atoms with van der Waals surface area (Å²) in [6.07, 6.45) is 7.35. The summed E-state index contributed by atoms with van der Waals surface area (Å²) in [6, 6.07) is 8.88. The van der Waals surface area contributed by atoms with Crippen molar-refractivity contribution in [3.8, 4) is 0 Å². The largest absolute Gasteiger partial charge is 0.346 e. The van der Waals surface area contributed by atoms with Crippen molar-refractivity contribution < 1.29 is 9.47 Å². The predicted octanol–water partition coefficient (Wildman–Crippen LogP) is 3.38. The smallest absolute Gasteiger partial charge is 0.186 e. The minimum absolute atomic E-state index is 0.516. The Balaban J connectivity index is 1.64. The topological polar surface area (TPSA) is 36.3 Å². The van der Waals surface area contributed by atoms with Crippen LogP contribution < -0.4 is 0 Å². The van der Waals surface area contributed by atoms with Crippen molar-refractivity contribution in [2.45, 2.75) is 44.9 Å². The van der Waals surface area contributed by atoms with Crippen LogP contribution in [0.5, 0.6) is 0 Å². The molecule has 3 rings (SSSR count). The van der Waals surface area contributed by atoms with Gasteiger partial charge in [-0.05, 0) is 23.5 Å². The highest BCUT2D eigenvalue weighted by Gasteiger charge is 2.36. The van der Waals surface area contributed by atoms with Crippen LogP contribution >= 0.6 is 0 Å². The Morgan fingerprint density at radius 3 is 2.50 bits per heavy atom. The SMILES string of the molecule is CC(C)c1ccc(CCC2(Cn3ccnc3)OCCO2)cc1. The molecule has 1 fully saturated rings. The number of hydrogen-bond donors (Lipinski definition) is 0. The van der Waals surface area contributed by atoms with E-state index < -0.39 is 5.79 Å². The lowest BCUT2D eigenvalue weighted by molar-refractivity contribution is -0.171. The zero-order valence-electron chi connectivity index (χ0n) is 13.4. The number of imidazole rings is 1. The fourth-order valence-corrected chi connectivity index (χ4v) is 2.87.